The van der Waals surface area contributed by atoms with E-state index in [-0.39, 0.29) is 17.7 Å². The fourth-order valence-corrected chi connectivity index (χ4v) is 1.20. The van der Waals surface area contributed by atoms with Gasteiger partial charge >= 0.3 is 5.97 Å². The zero-order chi connectivity index (χ0) is 12.1. The summed E-state index contributed by atoms with van der Waals surface area (Å²) in [6, 6.07) is 4.50. The average molecular weight is 223 g/mol. The third-order valence-corrected chi connectivity index (χ3v) is 1.98. The predicted molar refractivity (Wildman–Crippen MR) is 60.1 cm³/mol. The molecule has 0 spiro atoms. The average Bonchev–Trinajstić information content (AvgIpc) is 2.16. The molecule has 0 bridgehead atoms. The van der Waals surface area contributed by atoms with Gasteiger partial charge in [-0.3, -0.25) is 4.79 Å². The summed E-state index contributed by atoms with van der Waals surface area (Å²) in [5, 5.41) is 11.7. The van der Waals surface area contributed by atoms with E-state index in [1.54, 1.807) is 6.07 Å². The molecular formula is C10H13N3O3. The molecular weight excluding hydrogens is 210 g/mol. The summed E-state index contributed by atoms with van der Waals surface area (Å²) in [5.74, 6) is -1.47. The zero-order valence-corrected chi connectivity index (χ0v) is 8.56. The van der Waals surface area contributed by atoms with Crippen LogP contribution in [0.3, 0.4) is 0 Å². The molecule has 0 fully saturated rings. The van der Waals surface area contributed by atoms with Crippen LogP contribution in [0.5, 0.6) is 0 Å². The van der Waals surface area contributed by atoms with Crippen LogP contribution in [-0.2, 0) is 4.79 Å². The Bertz CT molecular complexity index is 418. The Morgan fingerprint density at radius 2 is 2.06 bits per heavy atom. The van der Waals surface area contributed by atoms with E-state index in [2.05, 4.69) is 5.32 Å². The van der Waals surface area contributed by atoms with Gasteiger partial charge in [0, 0.05) is 24.3 Å². The number of nitrogen functional groups attached to an aromatic ring is 1. The number of primary amides is 1. The Morgan fingerprint density at radius 1 is 1.38 bits per heavy atom. The molecule has 1 rings (SSSR count). The number of rotatable bonds is 5. The minimum absolute atomic E-state index is 0.0560. The highest BCUT2D eigenvalue weighted by atomic mass is 16.4. The van der Waals surface area contributed by atoms with Gasteiger partial charge in [0.2, 0.25) is 5.91 Å². The minimum Gasteiger partial charge on any atom is -0.478 e. The van der Waals surface area contributed by atoms with E-state index in [9.17, 15) is 9.59 Å². The van der Waals surface area contributed by atoms with Gasteiger partial charge in [0.15, 0.2) is 0 Å². The number of benzene rings is 1. The van der Waals surface area contributed by atoms with Crippen LogP contribution in [0.4, 0.5) is 11.4 Å². The standard InChI is InChI=1S/C10H13N3O3/c11-8-5-6(13-4-3-9(12)14)1-2-7(8)10(15)16/h1-2,5,13H,3-4,11H2,(H2,12,14)(H,15,16). The van der Waals surface area contributed by atoms with Gasteiger partial charge in [-0.25, -0.2) is 4.79 Å². The number of carbonyl (C=O) groups excluding carboxylic acids is 1. The van der Waals surface area contributed by atoms with Gasteiger partial charge in [0.25, 0.3) is 0 Å². The van der Waals surface area contributed by atoms with Crippen molar-refractivity contribution < 1.29 is 14.7 Å². The van der Waals surface area contributed by atoms with E-state index in [4.69, 9.17) is 16.6 Å². The Kier molecular flexibility index (Phi) is 3.71. The molecule has 0 atom stereocenters. The van der Waals surface area contributed by atoms with Crippen LogP contribution >= 0.6 is 0 Å². The fraction of sp³-hybridized carbons (Fsp3) is 0.200. The fourth-order valence-electron chi connectivity index (χ4n) is 1.20. The number of carboxylic acid groups (broad SMARTS) is 1. The van der Waals surface area contributed by atoms with Crippen LogP contribution in [0.1, 0.15) is 16.8 Å². The van der Waals surface area contributed by atoms with Crippen LogP contribution in [0.2, 0.25) is 0 Å². The Labute approximate surface area is 92.2 Å². The molecule has 0 aromatic heterocycles. The molecule has 0 saturated carbocycles. The van der Waals surface area contributed by atoms with Crippen molar-refractivity contribution in [2.75, 3.05) is 17.6 Å². The van der Waals surface area contributed by atoms with Crippen LogP contribution in [0, 0.1) is 0 Å². The lowest BCUT2D eigenvalue weighted by Crippen LogP contribution is -2.16. The van der Waals surface area contributed by atoms with E-state index in [1.165, 1.54) is 12.1 Å². The van der Waals surface area contributed by atoms with Crippen LogP contribution < -0.4 is 16.8 Å². The van der Waals surface area contributed by atoms with Crippen molar-refractivity contribution in [1.29, 1.82) is 0 Å². The van der Waals surface area contributed by atoms with Crippen molar-refractivity contribution in [3.63, 3.8) is 0 Å². The number of aromatic carboxylic acids is 1. The number of nitrogens with one attached hydrogen (secondary N) is 1. The zero-order valence-electron chi connectivity index (χ0n) is 8.56. The maximum Gasteiger partial charge on any atom is 0.337 e. The summed E-state index contributed by atoms with van der Waals surface area (Å²) in [5.41, 5.74) is 11.4. The quantitative estimate of drug-likeness (QED) is 0.534. The van der Waals surface area contributed by atoms with Crippen molar-refractivity contribution in [3.05, 3.63) is 23.8 Å². The highest BCUT2D eigenvalue weighted by molar-refractivity contribution is 5.94. The molecule has 0 aliphatic carbocycles. The molecule has 6 nitrogen and oxygen atoms in total. The van der Waals surface area contributed by atoms with Gasteiger partial charge in [-0.15, -0.1) is 0 Å². The number of carbonyl (C=O) groups is 2. The van der Waals surface area contributed by atoms with E-state index in [1.807, 2.05) is 0 Å². The first-order valence-corrected chi connectivity index (χ1v) is 4.65. The second-order valence-electron chi connectivity index (χ2n) is 3.25. The highest BCUT2D eigenvalue weighted by Gasteiger charge is 2.07. The Morgan fingerprint density at radius 3 is 2.56 bits per heavy atom. The molecule has 0 aliphatic rings. The summed E-state index contributed by atoms with van der Waals surface area (Å²) in [7, 11) is 0. The summed E-state index contributed by atoms with van der Waals surface area (Å²) < 4.78 is 0. The topological polar surface area (TPSA) is 118 Å². The highest BCUT2D eigenvalue weighted by Crippen LogP contribution is 2.17. The normalized spacial score (nSPS) is 9.75. The summed E-state index contributed by atoms with van der Waals surface area (Å²) >= 11 is 0. The summed E-state index contributed by atoms with van der Waals surface area (Å²) in [4.78, 5) is 21.2. The number of hydrogen-bond donors (Lipinski definition) is 4. The SMILES string of the molecule is NC(=O)CCNc1ccc(C(=O)O)c(N)c1. The minimum atomic E-state index is -1.07. The Balaban J connectivity index is 2.66. The first-order valence-electron chi connectivity index (χ1n) is 4.65. The van der Waals surface area contributed by atoms with Gasteiger partial charge in [-0.1, -0.05) is 0 Å². The monoisotopic (exact) mass is 223 g/mol. The lowest BCUT2D eigenvalue weighted by molar-refractivity contribution is -0.117. The number of carboxylic acids is 1. The number of anilines is 2. The third kappa shape index (κ3) is 3.16. The molecule has 0 saturated heterocycles. The smallest absolute Gasteiger partial charge is 0.337 e. The lowest BCUT2D eigenvalue weighted by atomic mass is 10.1. The van der Waals surface area contributed by atoms with E-state index >= 15 is 0 Å². The van der Waals surface area contributed by atoms with E-state index in [0.29, 0.717) is 12.2 Å². The van der Waals surface area contributed by atoms with Gasteiger partial charge in [-0.2, -0.15) is 0 Å². The molecule has 86 valence electrons. The molecule has 0 aliphatic heterocycles. The van der Waals surface area contributed by atoms with Crippen molar-refractivity contribution in [2.24, 2.45) is 5.73 Å². The summed E-state index contributed by atoms with van der Waals surface area (Å²) in [6.07, 6.45) is 0.209. The van der Waals surface area contributed by atoms with Crippen LogP contribution in [0.15, 0.2) is 18.2 Å². The molecule has 1 aromatic carbocycles. The number of hydrogen-bond acceptors (Lipinski definition) is 4. The summed E-state index contributed by atoms with van der Waals surface area (Å²) in [6.45, 7) is 0.390. The van der Waals surface area contributed by atoms with Crippen molar-refractivity contribution in [2.45, 2.75) is 6.42 Å². The second-order valence-corrected chi connectivity index (χ2v) is 3.25. The predicted octanol–water partition coefficient (Wildman–Crippen LogP) is 0.254. The lowest BCUT2D eigenvalue weighted by Gasteiger charge is -2.07. The van der Waals surface area contributed by atoms with Gasteiger partial charge in [0.1, 0.15) is 0 Å². The molecule has 1 amide bonds. The second kappa shape index (κ2) is 5.01. The van der Waals surface area contributed by atoms with Gasteiger partial charge < -0.3 is 21.9 Å². The molecule has 16 heavy (non-hydrogen) atoms. The molecule has 6 heteroatoms. The van der Waals surface area contributed by atoms with E-state index < -0.39 is 11.9 Å². The maximum absolute atomic E-state index is 10.7. The largest absolute Gasteiger partial charge is 0.478 e. The molecule has 0 heterocycles. The van der Waals surface area contributed by atoms with Crippen molar-refractivity contribution in [3.8, 4) is 0 Å². The first-order chi connectivity index (χ1) is 7.50. The van der Waals surface area contributed by atoms with Crippen molar-refractivity contribution in [1.82, 2.24) is 0 Å². The van der Waals surface area contributed by atoms with Gasteiger partial charge in [0.05, 0.1) is 5.56 Å². The van der Waals surface area contributed by atoms with Gasteiger partial charge in [-0.05, 0) is 18.2 Å². The first kappa shape index (κ1) is 11.8. The van der Waals surface area contributed by atoms with E-state index in [0.717, 1.165) is 0 Å². The maximum atomic E-state index is 10.7. The number of nitrogens with two attached hydrogens (primary N) is 2. The Hall–Kier alpha value is -2.24. The third-order valence-electron chi connectivity index (χ3n) is 1.98. The van der Waals surface area contributed by atoms with Crippen LogP contribution in [-0.4, -0.2) is 23.5 Å². The molecule has 0 radical (unpaired) electrons. The molecule has 0 unspecified atom stereocenters. The molecule has 1 aromatic rings. The number of amides is 1. The molecule has 6 N–H and O–H groups in total. The van der Waals surface area contributed by atoms with Crippen LogP contribution in [0.25, 0.3) is 0 Å². The van der Waals surface area contributed by atoms with Crippen molar-refractivity contribution >= 4 is 23.3 Å².